The van der Waals surface area contributed by atoms with Gasteiger partial charge in [-0.2, -0.15) is 10.4 Å². The summed E-state index contributed by atoms with van der Waals surface area (Å²) in [4.78, 5) is 17.3. The Balaban J connectivity index is 1.33. The predicted molar refractivity (Wildman–Crippen MR) is 138 cm³/mol. The summed E-state index contributed by atoms with van der Waals surface area (Å²) in [5.41, 5.74) is 4.10. The topological polar surface area (TPSA) is 92.8 Å². The monoisotopic (exact) mass is 479 g/mol. The van der Waals surface area contributed by atoms with Crippen LogP contribution in [0.15, 0.2) is 60.8 Å². The summed E-state index contributed by atoms with van der Waals surface area (Å²) in [7, 11) is 0. The quantitative estimate of drug-likeness (QED) is 0.346. The van der Waals surface area contributed by atoms with E-state index in [1.807, 2.05) is 0 Å². The summed E-state index contributed by atoms with van der Waals surface area (Å²) in [5, 5.41) is 18.3. The van der Waals surface area contributed by atoms with Crippen molar-refractivity contribution in [2.45, 2.75) is 58.0 Å². The SMILES string of the molecule is CCc1nn(C2CCCCC2)c2ccc(CNC(=O)c3cccnc3Oc3cccc(C#N)c3)cc12. The van der Waals surface area contributed by atoms with Gasteiger partial charge in [0.15, 0.2) is 0 Å². The van der Waals surface area contributed by atoms with Crippen LogP contribution in [0.2, 0.25) is 0 Å². The molecule has 0 unspecified atom stereocenters. The number of hydrogen-bond donors (Lipinski definition) is 1. The number of nitrogens with one attached hydrogen (secondary N) is 1. The summed E-state index contributed by atoms with van der Waals surface area (Å²) in [5.74, 6) is 0.375. The molecule has 7 nitrogen and oxygen atoms in total. The molecule has 1 N–H and O–H groups in total. The fourth-order valence-electron chi connectivity index (χ4n) is 4.89. The highest BCUT2D eigenvalue weighted by molar-refractivity contribution is 5.96. The van der Waals surface area contributed by atoms with E-state index in [4.69, 9.17) is 15.1 Å². The van der Waals surface area contributed by atoms with Gasteiger partial charge in [-0.25, -0.2) is 4.98 Å². The number of ether oxygens (including phenoxy) is 1. The highest BCUT2D eigenvalue weighted by Crippen LogP contribution is 2.32. The Bertz CT molecular complexity index is 1430. The number of aromatic nitrogens is 3. The third-order valence-electron chi connectivity index (χ3n) is 6.75. The van der Waals surface area contributed by atoms with Crippen LogP contribution in [-0.2, 0) is 13.0 Å². The van der Waals surface area contributed by atoms with E-state index >= 15 is 0 Å². The molecule has 7 heteroatoms. The number of fused-ring (bicyclic) bond motifs is 1. The fourth-order valence-corrected chi connectivity index (χ4v) is 4.89. The second-order valence-electron chi connectivity index (χ2n) is 9.17. The van der Waals surface area contributed by atoms with Crippen molar-refractivity contribution in [3.63, 3.8) is 0 Å². The van der Waals surface area contributed by atoms with Gasteiger partial charge in [-0.15, -0.1) is 0 Å². The van der Waals surface area contributed by atoms with E-state index < -0.39 is 0 Å². The van der Waals surface area contributed by atoms with Crippen LogP contribution < -0.4 is 10.1 Å². The highest BCUT2D eigenvalue weighted by Gasteiger charge is 2.20. The average molecular weight is 480 g/mol. The van der Waals surface area contributed by atoms with Gasteiger partial charge in [0.05, 0.1) is 28.9 Å². The number of pyridine rings is 1. The van der Waals surface area contributed by atoms with Crippen molar-refractivity contribution in [2.24, 2.45) is 0 Å². The zero-order chi connectivity index (χ0) is 24.9. The van der Waals surface area contributed by atoms with Gasteiger partial charge in [-0.1, -0.05) is 38.3 Å². The molecular formula is C29H29N5O2. The molecule has 0 radical (unpaired) electrons. The minimum atomic E-state index is -0.275. The lowest BCUT2D eigenvalue weighted by Crippen LogP contribution is -2.23. The first kappa shape index (κ1) is 23.6. The van der Waals surface area contributed by atoms with E-state index in [2.05, 4.69) is 46.2 Å². The molecule has 0 atom stereocenters. The number of carbonyl (C=O) groups is 1. The van der Waals surface area contributed by atoms with Crippen molar-refractivity contribution in [3.05, 3.63) is 83.2 Å². The first-order valence-corrected chi connectivity index (χ1v) is 12.6. The van der Waals surface area contributed by atoms with E-state index in [0.29, 0.717) is 29.5 Å². The summed E-state index contributed by atoms with van der Waals surface area (Å²) >= 11 is 0. The maximum absolute atomic E-state index is 13.0. The lowest BCUT2D eigenvalue weighted by molar-refractivity contribution is 0.0948. The number of rotatable bonds is 7. The van der Waals surface area contributed by atoms with Gasteiger partial charge in [0.2, 0.25) is 5.88 Å². The van der Waals surface area contributed by atoms with Crippen LogP contribution in [0.1, 0.15) is 72.2 Å². The lowest BCUT2D eigenvalue weighted by Gasteiger charge is -2.22. The standard InChI is InChI=1S/C29H29N5O2/c1-2-26-25-17-21(13-14-27(25)34(33-26)22-9-4-3-5-10-22)19-32-28(35)24-12-7-15-31-29(24)36-23-11-6-8-20(16-23)18-30/h6-8,11-17,22H,2-5,9-10,19H2,1H3,(H,32,35). The second-order valence-corrected chi connectivity index (χ2v) is 9.17. The van der Waals surface area contributed by atoms with E-state index in [1.54, 1.807) is 42.6 Å². The van der Waals surface area contributed by atoms with Gasteiger partial charge in [0.1, 0.15) is 11.3 Å². The molecule has 2 aromatic carbocycles. The number of nitrogens with zero attached hydrogens (tertiary/aromatic N) is 4. The van der Waals surface area contributed by atoms with Crippen molar-refractivity contribution in [2.75, 3.05) is 0 Å². The highest BCUT2D eigenvalue weighted by atomic mass is 16.5. The first-order chi connectivity index (χ1) is 17.7. The molecule has 1 aliphatic rings. The minimum Gasteiger partial charge on any atom is -0.438 e. The van der Waals surface area contributed by atoms with Crippen LogP contribution in [0.5, 0.6) is 11.6 Å². The van der Waals surface area contributed by atoms with Crippen LogP contribution in [0.25, 0.3) is 10.9 Å². The summed E-state index contributed by atoms with van der Waals surface area (Å²) < 4.78 is 8.07. The van der Waals surface area contributed by atoms with Crippen LogP contribution >= 0.6 is 0 Å². The van der Waals surface area contributed by atoms with Crippen molar-refractivity contribution >= 4 is 16.8 Å². The third-order valence-corrected chi connectivity index (χ3v) is 6.75. The van der Waals surface area contributed by atoms with E-state index in [0.717, 1.165) is 23.1 Å². The molecule has 2 heterocycles. The maximum Gasteiger partial charge on any atom is 0.257 e. The van der Waals surface area contributed by atoms with Gasteiger partial charge in [0.25, 0.3) is 5.91 Å². The van der Waals surface area contributed by atoms with Crippen LogP contribution in [0.3, 0.4) is 0 Å². The molecule has 182 valence electrons. The molecule has 1 aliphatic carbocycles. The van der Waals surface area contributed by atoms with Crippen LogP contribution in [0, 0.1) is 11.3 Å². The lowest BCUT2D eigenvalue weighted by atomic mass is 9.95. The molecule has 4 aromatic rings. The van der Waals surface area contributed by atoms with Gasteiger partial charge in [-0.05, 0) is 67.3 Å². The van der Waals surface area contributed by atoms with Gasteiger partial charge in [0, 0.05) is 18.1 Å². The van der Waals surface area contributed by atoms with E-state index in [-0.39, 0.29) is 11.8 Å². The van der Waals surface area contributed by atoms with Gasteiger partial charge >= 0.3 is 0 Å². The Morgan fingerprint density at radius 2 is 2.00 bits per heavy atom. The number of benzene rings is 2. The number of carbonyl (C=O) groups excluding carboxylic acids is 1. The Morgan fingerprint density at radius 3 is 2.81 bits per heavy atom. The molecule has 36 heavy (non-hydrogen) atoms. The smallest absolute Gasteiger partial charge is 0.257 e. The Labute approximate surface area is 210 Å². The Morgan fingerprint density at radius 1 is 1.14 bits per heavy atom. The Hall–Kier alpha value is -4.18. The number of amides is 1. The molecule has 0 spiro atoms. The molecule has 0 bridgehead atoms. The van der Waals surface area contributed by atoms with Crippen molar-refractivity contribution in [1.29, 1.82) is 5.26 Å². The Kier molecular flexibility index (Phi) is 6.94. The normalized spacial score (nSPS) is 13.9. The van der Waals surface area contributed by atoms with E-state index in [1.165, 1.54) is 37.6 Å². The summed E-state index contributed by atoms with van der Waals surface area (Å²) in [6.45, 7) is 2.52. The molecule has 0 aliphatic heterocycles. The van der Waals surface area contributed by atoms with Crippen LogP contribution in [0.4, 0.5) is 0 Å². The molecule has 1 fully saturated rings. The molecule has 2 aromatic heterocycles. The molecule has 0 saturated heterocycles. The number of hydrogen-bond acceptors (Lipinski definition) is 5. The summed E-state index contributed by atoms with van der Waals surface area (Å²) in [6.07, 6.45) is 8.67. The fraction of sp³-hybridized carbons (Fsp3) is 0.310. The number of nitriles is 1. The van der Waals surface area contributed by atoms with Gasteiger partial charge < -0.3 is 10.1 Å². The predicted octanol–water partition coefficient (Wildman–Crippen LogP) is 6.09. The van der Waals surface area contributed by atoms with Crippen molar-refractivity contribution < 1.29 is 9.53 Å². The van der Waals surface area contributed by atoms with Gasteiger partial charge in [-0.3, -0.25) is 9.48 Å². The molecule has 5 rings (SSSR count). The molecule has 1 saturated carbocycles. The summed E-state index contributed by atoms with van der Waals surface area (Å²) in [6, 6.07) is 19.1. The maximum atomic E-state index is 13.0. The largest absolute Gasteiger partial charge is 0.438 e. The zero-order valence-corrected chi connectivity index (χ0v) is 20.4. The minimum absolute atomic E-state index is 0.197. The number of aryl methyl sites for hydroxylation is 1. The van der Waals surface area contributed by atoms with E-state index in [9.17, 15) is 4.79 Å². The first-order valence-electron chi connectivity index (χ1n) is 12.6. The second kappa shape index (κ2) is 10.6. The van der Waals surface area contributed by atoms with Crippen molar-refractivity contribution in [1.82, 2.24) is 20.1 Å². The van der Waals surface area contributed by atoms with Crippen molar-refractivity contribution in [3.8, 4) is 17.7 Å². The average Bonchev–Trinajstić information content (AvgIpc) is 3.30. The zero-order valence-electron chi connectivity index (χ0n) is 20.4. The third kappa shape index (κ3) is 4.94. The molecule has 1 amide bonds. The molecular weight excluding hydrogens is 450 g/mol. The van der Waals surface area contributed by atoms with Crippen LogP contribution in [-0.4, -0.2) is 20.7 Å².